The zero-order chi connectivity index (χ0) is 25.3. The Morgan fingerprint density at radius 2 is 1.67 bits per heavy atom. The second kappa shape index (κ2) is 9.92. The van der Waals surface area contributed by atoms with Crippen LogP contribution in [0.2, 0.25) is 0 Å². The van der Waals surface area contributed by atoms with E-state index in [1.165, 1.54) is 37.8 Å². The lowest BCUT2D eigenvalue weighted by Gasteiger charge is -2.37. The van der Waals surface area contributed by atoms with Gasteiger partial charge in [0.2, 0.25) is 0 Å². The van der Waals surface area contributed by atoms with Gasteiger partial charge in [-0.3, -0.25) is 9.78 Å². The molecule has 0 atom stereocenters. The number of pyridine rings is 1. The zero-order valence-corrected chi connectivity index (χ0v) is 21.0. The number of nitrogens with zero attached hydrogens (tertiary/aromatic N) is 2. The summed E-state index contributed by atoms with van der Waals surface area (Å²) in [6.07, 6.45) is 5.65. The Morgan fingerprint density at radius 1 is 1.00 bits per heavy atom. The molecule has 5 nitrogen and oxygen atoms in total. The van der Waals surface area contributed by atoms with Crippen LogP contribution in [-0.2, 0) is 17.6 Å². The number of aliphatic carboxylic acids is 1. The van der Waals surface area contributed by atoms with E-state index in [0.717, 1.165) is 58.2 Å². The van der Waals surface area contributed by atoms with E-state index in [9.17, 15) is 14.3 Å². The van der Waals surface area contributed by atoms with E-state index >= 15 is 0 Å². The Kier molecular flexibility index (Phi) is 6.69. The average molecular weight is 489 g/mol. The topological polar surface area (TPSA) is 62.7 Å². The third-order valence-electron chi connectivity index (χ3n) is 7.80. The minimum atomic E-state index is -0.837. The second-order valence-electron chi connectivity index (χ2n) is 10.3. The highest BCUT2D eigenvalue weighted by atomic mass is 19.1. The summed E-state index contributed by atoms with van der Waals surface area (Å²) in [7, 11) is 0. The lowest BCUT2D eigenvalue weighted by Crippen LogP contribution is -2.36. The number of ether oxygens (including phenoxy) is 1. The normalized spacial score (nSPS) is 16.2. The largest absolute Gasteiger partial charge is 0.493 e. The van der Waals surface area contributed by atoms with Crippen LogP contribution >= 0.6 is 0 Å². The monoisotopic (exact) mass is 488 g/mol. The smallest absolute Gasteiger partial charge is 0.307 e. The Hall–Kier alpha value is -3.41. The van der Waals surface area contributed by atoms with E-state index in [1.807, 2.05) is 38.1 Å². The number of hydrogen-bond acceptors (Lipinski definition) is 4. The number of aromatic nitrogens is 1. The minimum absolute atomic E-state index is 0.0341. The number of rotatable bonds is 8. The van der Waals surface area contributed by atoms with Crippen molar-refractivity contribution in [2.75, 3.05) is 24.6 Å². The van der Waals surface area contributed by atoms with Crippen molar-refractivity contribution in [2.24, 2.45) is 5.41 Å². The van der Waals surface area contributed by atoms with Gasteiger partial charge in [-0.15, -0.1) is 0 Å². The van der Waals surface area contributed by atoms with E-state index in [4.69, 9.17) is 9.72 Å². The molecule has 1 aliphatic carbocycles. The van der Waals surface area contributed by atoms with Gasteiger partial charge in [0, 0.05) is 42.0 Å². The highest BCUT2D eigenvalue weighted by Crippen LogP contribution is 2.54. The first-order valence-corrected chi connectivity index (χ1v) is 12.8. The molecular formula is C30H33FN2O3. The number of piperidine rings is 1. The maximum absolute atomic E-state index is 13.1. The van der Waals surface area contributed by atoms with Crippen LogP contribution in [0, 0.1) is 25.1 Å². The van der Waals surface area contributed by atoms with E-state index < -0.39 is 5.97 Å². The van der Waals surface area contributed by atoms with Crippen LogP contribution in [0.4, 0.5) is 10.1 Å². The minimum Gasteiger partial charge on any atom is -0.493 e. The molecule has 5 rings (SSSR count). The van der Waals surface area contributed by atoms with Crippen LogP contribution in [0.3, 0.4) is 0 Å². The quantitative estimate of drug-likeness (QED) is 0.413. The van der Waals surface area contributed by atoms with Crippen LogP contribution < -0.4 is 9.64 Å². The number of halogens is 1. The molecule has 3 aromatic rings. The fourth-order valence-corrected chi connectivity index (χ4v) is 5.46. The zero-order valence-electron chi connectivity index (χ0n) is 21.0. The summed E-state index contributed by atoms with van der Waals surface area (Å²) >= 11 is 0. The van der Waals surface area contributed by atoms with Crippen molar-refractivity contribution in [3.8, 4) is 16.9 Å². The maximum Gasteiger partial charge on any atom is 0.307 e. The average Bonchev–Trinajstić information content (AvgIpc) is 3.61. The SMILES string of the molecule is Cc1nc(C)c(-c2ccc(OCCc3ccc(F)cc3)cc2)c(N2CCC3(CC2)CC3)c1CC(=O)O. The van der Waals surface area contributed by atoms with Gasteiger partial charge in [-0.05, 0) is 80.3 Å². The van der Waals surface area contributed by atoms with E-state index in [-0.39, 0.29) is 12.2 Å². The molecule has 1 aliphatic heterocycles. The van der Waals surface area contributed by atoms with Crippen molar-refractivity contribution in [3.05, 3.63) is 76.9 Å². The number of hydrogen-bond donors (Lipinski definition) is 1. The Labute approximate surface area is 211 Å². The number of carbonyl (C=O) groups is 1. The highest BCUT2D eigenvalue weighted by Gasteiger charge is 2.45. The molecule has 6 heteroatoms. The number of carboxylic acid groups (broad SMARTS) is 1. The molecule has 2 heterocycles. The molecule has 188 valence electrons. The summed E-state index contributed by atoms with van der Waals surface area (Å²) < 4.78 is 19.0. The summed E-state index contributed by atoms with van der Waals surface area (Å²) in [5.74, 6) is -0.310. The lowest BCUT2D eigenvalue weighted by molar-refractivity contribution is -0.136. The van der Waals surface area contributed by atoms with Gasteiger partial charge in [-0.1, -0.05) is 24.3 Å². The van der Waals surface area contributed by atoms with Gasteiger partial charge in [0.25, 0.3) is 0 Å². The third kappa shape index (κ3) is 5.23. The summed E-state index contributed by atoms with van der Waals surface area (Å²) in [5.41, 5.74) is 7.14. The predicted octanol–water partition coefficient (Wildman–Crippen LogP) is 6.13. The van der Waals surface area contributed by atoms with Crippen LogP contribution in [0.15, 0.2) is 48.5 Å². The van der Waals surface area contributed by atoms with Crippen molar-refractivity contribution in [1.29, 1.82) is 0 Å². The summed E-state index contributed by atoms with van der Waals surface area (Å²) in [5, 5.41) is 9.67. The molecule has 1 N–H and O–H groups in total. The molecular weight excluding hydrogens is 455 g/mol. The number of aryl methyl sites for hydroxylation is 2. The molecule has 0 unspecified atom stereocenters. The van der Waals surface area contributed by atoms with Gasteiger partial charge in [0.05, 0.1) is 18.7 Å². The molecule has 1 saturated heterocycles. The van der Waals surface area contributed by atoms with Gasteiger partial charge in [-0.2, -0.15) is 0 Å². The van der Waals surface area contributed by atoms with Crippen molar-refractivity contribution in [2.45, 2.75) is 52.4 Å². The molecule has 2 aliphatic rings. The molecule has 1 saturated carbocycles. The summed E-state index contributed by atoms with van der Waals surface area (Å²) in [6.45, 7) is 6.33. The van der Waals surface area contributed by atoms with Crippen LogP contribution in [0.1, 0.15) is 48.2 Å². The van der Waals surface area contributed by atoms with Crippen molar-refractivity contribution in [3.63, 3.8) is 0 Å². The highest BCUT2D eigenvalue weighted by molar-refractivity contribution is 5.86. The van der Waals surface area contributed by atoms with Gasteiger partial charge in [-0.25, -0.2) is 4.39 Å². The lowest BCUT2D eigenvalue weighted by atomic mass is 9.90. The molecule has 0 radical (unpaired) electrons. The van der Waals surface area contributed by atoms with Gasteiger partial charge in [0.15, 0.2) is 0 Å². The fourth-order valence-electron chi connectivity index (χ4n) is 5.46. The second-order valence-corrected chi connectivity index (χ2v) is 10.3. The van der Waals surface area contributed by atoms with Crippen LogP contribution in [0.5, 0.6) is 5.75 Å². The van der Waals surface area contributed by atoms with Gasteiger partial charge in [0.1, 0.15) is 11.6 Å². The standard InChI is InChI=1S/C30H33FN2O3/c1-20-26(19-27(34)35)29(33-16-14-30(12-13-30)15-17-33)28(21(2)32-20)23-5-9-25(10-6-23)36-18-11-22-3-7-24(31)8-4-22/h3-10H,11-19H2,1-2H3,(H,34,35). The Bertz CT molecular complexity index is 1240. The first-order valence-electron chi connectivity index (χ1n) is 12.8. The molecule has 1 spiro atoms. The van der Waals surface area contributed by atoms with E-state index in [2.05, 4.69) is 4.90 Å². The summed E-state index contributed by atoms with van der Waals surface area (Å²) in [6, 6.07) is 14.5. The molecule has 36 heavy (non-hydrogen) atoms. The van der Waals surface area contributed by atoms with Crippen molar-refractivity contribution in [1.82, 2.24) is 4.98 Å². The number of benzene rings is 2. The predicted molar refractivity (Wildman–Crippen MR) is 139 cm³/mol. The molecule has 2 fully saturated rings. The van der Waals surface area contributed by atoms with E-state index in [0.29, 0.717) is 18.4 Å². The fraction of sp³-hybridized carbons (Fsp3) is 0.400. The number of anilines is 1. The van der Waals surface area contributed by atoms with Crippen molar-refractivity contribution < 1.29 is 19.0 Å². The Balaban J connectivity index is 1.40. The number of carboxylic acids is 1. The van der Waals surface area contributed by atoms with Crippen molar-refractivity contribution >= 4 is 11.7 Å². The van der Waals surface area contributed by atoms with Gasteiger partial charge < -0.3 is 14.7 Å². The molecule has 0 bridgehead atoms. The van der Waals surface area contributed by atoms with Crippen LogP contribution in [0.25, 0.3) is 11.1 Å². The van der Waals surface area contributed by atoms with E-state index in [1.54, 1.807) is 12.1 Å². The third-order valence-corrected chi connectivity index (χ3v) is 7.80. The Morgan fingerprint density at radius 3 is 2.28 bits per heavy atom. The molecule has 0 amide bonds. The maximum atomic E-state index is 13.1. The molecule has 1 aromatic heterocycles. The first-order chi connectivity index (χ1) is 17.3. The summed E-state index contributed by atoms with van der Waals surface area (Å²) in [4.78, 5) is 18.9. The van der Waals surface area contributed by atoms with Gasteiger partial charge >= 0.3 is 5.97 Å². The first kappa shape index (κ1) is 24.3. The molecule has 2 aromatic carbocycles. The van der Waals surface area contributed by atoms with Crippen LogP contribution in [-0.4, -0.2) is 35.8 Å².